The van der Waals surface area contributed by atoms with Crippen LogP contribution in [0, 0.1) is 29.5 Å². The molecule has 2 N–H and O–H groups in total. The molecule has 1 aromatic rings. The lowest BCUT2D eigenvalue weighted by Crippen LogP contribution is -2.44. The molecule has 0 aromatic heterocycles. The van der Waals surface area contributed by atoms with Crippen molar-refractivity contribution in [1.82, 2.24) is 20.4 Å². The Labute approximate surface area is 211 Å². The predicted molar refractivity (Wildman–Crippen MR) is 137 cm³/mol. The van der Waals surface area contributed by atoms with Gasteiger partial charge in [-0.2, -0.15) is 0 Å². The number of allylic oxidation sites excluding steroid dienone is 2. The lowest BCUT2D eigenvalue weighted by atomic mass is 9.85. The van der Waals surface area contributed by atoms with Crippen LogP contribution in [-0.4, -0.2) is 67.8 Å². The van der Waals surface area contributed by atoms with Gasteiger partial charge < -0.3 is 15.5 Å². The molecule has 2 fully saturated rings. The van der Waals surface area contributed by atoms with E-state index in [1.54, 1.807) is 12.1 Å². The van der Waals surface area contributed by atoms with Crippen LogP contribution in [0.4, 0.5) is 4.39 Å². The summed E-state index contributed by atoms with van der Waals surface area (Å²) in [7, 11) is 3.93. The summed E-state index contributed by atoms with van der Waals surface area (Å²) >= 11 is 0. The summed E-state index contributed by atoms with van der Waals surface area (Å²) in [4.78, 5) is 33.8. The standard InChI is InChI=1S/C24H32FN5O2.HI/c1-4-26-24(28-14-19(29(2)3)15-7-9-18(25)10-8-15)27-11-12-30-22(31)20-16-5-6-17(13-16)21(20)23(30)32;/h5-10,16-17,19-21H,4,11-14H2,1-3H3,(H2,26,27,28);1H. The minimum Gasteiger partial charge on any atom is -0.357 e. The molecule has 1 saturated carbocycles. The van der Waals surface area contributed by atoms with Crippen LogP contribution in [-0.2, 0) is 9.59 Å². The second-order valence-corrected chi connectivity index (χ2v) is 9.01. The molecule has 0 radical (unpaired) electrons. The maximum absolute atomic E-state index is 13.3. The van der Waals surface area contributed by atoms with Gasteiger partial charge in [-0.1, -0.05) is 24.3 Å². The largest absolute Gasteiger partial charge is 0.357 e. The molecule has 7 nitrogen and oxygen atoms in total. The SMILES string of the molecule is CCNC(=NCC(c1ccc(F)cc1)N(C)C)NCCN1C(=O)C2C3C=CC(C3)C2C1=O.I. The molecular weight excluding hydrogens is 536 g/mol. The Hall–Kier alpha value is -2.01. The number of imide groups is 1. The number of benzene rings is 1. The van der Waals surface area contributed by atoms with Crippen LogP contribution in [0.2, 0.25) is 0 Å². The van der Waals surface area contributed by atoms with Gasteiger partial charge in [0.25, 0.3) is 0 Å². The van der Waals surface area contributed by atoms with Gasteiger partial charge in [0.1, 0.15) is 5.82 Å². The highest BCUT2D eigenvalue weighted by molar-refractivity contribution is 14.0. The van der Waals surface area contributed by atoms with E-state index in [1.807, 2.05) is 25.9 Å². The van der Waals surface area contributed by atoms with Gasteiger partial charge in [-0.15, -0.1) is 24.0 Å². The molecule has 9 heteroatoms. The van der Waals surface area contributed by atoms with E-state index in [-0.39, 0.29) is 71.3 Å². The van der Waals surface area contributed by atoms with E-state index in [0.717, 1.165) is 12.0 Å². The first-order valence-corrected chi connectivity index (χ1v) is 11.4. The third-order valence-electron chi connectivity index (χ3n) is 6.83. The van der Waals surface area contributed by atoms with E-state index in [0.29, 0.717) is 32.1 Å². The van der Waals surface area contributed by atoms with Crippen molar-refractivity contribution >= 4 is 41.8 Å². The molecule has 5 unspecified atom stereocenters. The Morgan fingerprint density at radius 1 is 1.12 bits per heavy atom. The molecule has 1 aliphatic heterocycles. The predicted octanol–water partition coefficient (Wildman–Crippen LogP) is 2.41. The lowest BCUT2D eigenvalue weighted by Gasteiger charge is -2.24. The molecule has 5 atom stereocenters. The Kier molecular flexibility index (Phi) is 8.49. The molecule has 33 heavy (non-hydrogen) atoms. The van der Waals surface area contributed by atoms with Crippen LogP contribution in [0.15, 0.2) is 41.4 Å². The zero-order valence-corrected chi connectivity index (χ0v) is 21.7. The van der Waals surface area contributed by atoms with Gasteiger partial charge in [0.2, 0.25) is 11.8 Å². The summed E-state index contributed by atoms with van der Waals surface area (Å²) in [6, 6.07) is 6.47. The molecule has 4 rings (SSSR count). The highest BCUT2D eigenvalue weighted by Crippen LogP contribution is 2.52. The Bertz CT molecular complexity index is 890. The Morgan fingerprint density at radius 3 is 2.27 bits per heavy atom. The number of fused-ring (bicyclic) bond motifs is 5. The van der Waals surface area contributed by atoms with E-state index < -0.39 is 0 Å². The average molecular weight is 569 g/mol. The number of halogens is 2. The smallest absolute Gasteiger partial charge is 0.233 e. The van der Waals surface area contributed by atoms with E-state index >= 15 is 0 Å². The highest BCUT2D eigenvalue weighted by Gasteiger charge is 2.58. The number of amides is 2. The van der Waals surface area contributed by atoms with Crippen molar-refractivity contribution in [2.24, 2.45) is 28.7 Å². The van der Waals surface area contributed by atoms with Crippen molar-refractivity contribution in [2.75, 3.05) is 40.3 Å². The molecular formula is C24H33FIN5O2. The molecule has 2 amide bonds. The van der Waals surface area contributed by atoms with Crippen LogP contribution in [0.1, 0.15) is 24.9 Å². The second-order valence-electron chi connectivity index (χ2n) is 9.01. The molecule has 3 aliphatic rings. The minimum absolute atomic E-state index is 0. The maximum atomic E-state index is 13.3. The molecule has 1 heterocycles. The maximum Gasteiger partial charge on any atom is 0.233 e. The zero-order valence-electron chi connectivity index (χ0n) is 19.3. The van der Waals surface area contributed by atoms with Gasteiger partial charge in [-0.05, 0) is 57.0 Å². The third kappa shape index (κ3) is 5.24. The van der Waals surface area contributed by atoms with Crippen molar-refractivity contribution in [2.45, 2.75) is 19.4 Å². The fraction of sp³-hybridized carbons (Fsp3) is 0.542. The van der Waals surface area contributed by atoms with Crippen molar-refractivity contribution in [3.8, 4) is 0 Å². The summed E-state index contributed by atoms with van der Waals surface area (Å²) in [6.07, 6.45) is 5.16. The molecule has 0 spiro atoms. The fourth-order valence-corrected chi connectivity index (χ4v) is 5.24. The number of carbonyl (C=O) groups is 2. The minimum atomic E-state index is -0.260. The summed E-state index contributed by atoms with van der Waals surface area (Å²) in [5.74, 6) is 0.465. The number of likely N-dealkylation sites (tertiary alicyclic amines) is 1. The van der Waals surface area contributed by atoms with Crippen molar-refractivity contribution in [3.05, 3.63) is 47.8 Å². The molecule has 2 bridgehead atoms. The molecule has 180 valence electrons. The van der Waals surface area contributed by atoms with Crippen molar-refractivity contribution < 1.29 is 14.0 Å². The average Bonchev–Trinajstić information content (AvgIpc) is 3.44. The van der Waals surface area contributed by atoms with Crippen LogP contribution < -0.4 is 10.6 Å². The third-order valence-corrected chi connectivity index (χ3v) is 6.83. The normalized spacial score (nSPS) is 26.6. The monoisotopic (exact) mass is 569 g/mol. The van der Waals surface area contributed by atoms with Crippen LogP contribution in [0.5, 0.6) is 0 Å². The quantitative estimate of drug-likeness (QED) is 0.166. The van der Waals surface area contributed by atoms with Gasteiger partial charge in [0.15, 0.2) is 5.96 Å². The van der Waals surface area contributed by atoms with Crippen molar-refractivity contribution in [3.63, 3.8) is 0 Å². The number of hydrogen-bond donors (Lipinski definition) is 2. The zero-order chi connectivity index (χ0) is 22.8. The second kappa shape index (κ2) is 10.9. The number of likely N-dealkylation sites (N-methyl/N-ethyl adjacent to an activating group) is 1. The summed E-state index contributed by atoms with van der Waals surface area (Å²) in [6.45, 7) is 3.93. The lowest BCUT2D eigenvalue weighted by molar-refractivity contribution is -0.140. The Morgan fingerprint density at radius 2 is 1.73 bits per heavy atom. The van der Waals surface area contributed by atoms with E-state index in [4.69, 9.17) is 0 Å². The number of guanidine groups is 1. The summed E-state index contributed by atoms with van der Waals surface area (Å²) in [5.41, 5.74) is 0.985. The van der Waals surface area contributed by atoms with Crippen LogP contribution in [0.25, 0.3) is 0 Å². The highest BCUT2D eigenvalue weighted by atomic mass is 127. The van der Waals surface area contributed by atoms with E-state index in [1.165, 1.54) is 17.0 Å². The van der Waals surface area contributed by atoms with Gasteiger partial charge >= 0.3 is 0 Å². The molecule has 1 aromatic carbocycles. The van der Waals surface area contributed by atoms with Gasteiger partial charge in [0.05, 0.1) is 24.4 Å². The number of nitrogens with one attached hydrogen (secondary N) is 2. The van der Waals surface area contributed by atoms with E-state index in [9.17, 15) is 14.0 Å². The fourth-order valence-electron chi connectivity index (χ4n) is 5.24. The molecule has 1 saturated heterocycles. The van der Waals surface area contributed by atoms with Gasteiger partial charge in [-0.3, -0.25) is 19.5 Å². The first-order chi connectivity index (χ1) is 15.4. The summed E-state index contributed by atoms with van der Waals surface area (Å²) < 4.78 is 13.3. The number of carbonyl (C=O) groups excluding carboxylic acids is 2. The first-order valence-electron chi connectivity index (χ1n) is 11.4. The topological polar surface area (TPSA) is 77.0 Å². The van der Waals surface area contributed by atoms with Gasteiger partial charge in [0, 0.05) is 19.6 Å². The van der Waals surface area contributed by atoms with Crippen LogP contribution >= 0.6 is 24.0 Å². The molecule has 2 aliphatic carbocycles. The number of rotatable bonds is 8. The summed E-state index contributed by atoms with van der Waals surface area (Å²) in [5, 5.41) is 6.46. The van der Waals surface area contributed by atoms with Crippen LogP contribution in [0.3, 0.4) is 0 Å². The van der Waals surface area contributed by atoms with Gasteiger partial charge in [-0.25, -0.2) is 4.39 Å². The van der Waals surface area contributed by atoms with Crippen molar-refractivity contribution in [1.29, 1.82) is 0 Å². The number of nitrogens with zero attached hydrogens (tertiary/aromatic N) is 3. The Balaban J connectivity index is 0.00000306. The number of aliphatic imine (C=N–C) groups is 1. The number of hydrogen-bond acceptors (Lipinski definition) is 4. The van der Waals surface area contributed by atoms with E-state index in [2.05, 4.69) is 27.8 Å². The first kappa shape index (κ1) is 25.6.